The van der Waals surface area contributed by atoms with Crippen LogP contribution in [-0.4, -0.2) is 29.4 Å². The van der Waals surface area contributed by atoms with E-state index in [1.807, 2.05) is 18.2 Å². The van der Waals surface area contributed by atoms with Crippen molar-refractivity contribution in [1.82, 2.24) is 10.2 Å². The third-order valence-electron chi connectivity index (χ3n) is 5.30. The molecule has 2 fully saturated rings. The van der Waals surface area contributed by atoms with Crippen LogP contribution in [-0.2, 0) is 4.79 Å². The Morgan fingerprint density at radius 3 is 2.55 bits per heavy atom. The van der Waals surface area contributed by atoms with Crippen LogP contribution in [0.5, 0.6) is 0 Å². The number of nitrogens with zero attached hydrogens (tertiary/aromatic N) is 1. The minimum Gasteiger partial charge on any atom is -0.348 e. The van der Waals surface area contributed by atoms with Crippen molar-refractivity contribution in [2.24, 2.45) is 0 Å². The molecule has 0 spiro atoms. The second-order valence-corrected chi connectivity index (χ2v) is 6.83. The molecule has 1 saturated heterocycles. The molecule has 1 aromatic rings. The fourth-order valence-electron chi connectivity index (χ4n) is 4.05. The van der Waals surface area contributed by atoms with Crippen LogP contribution in [0.15, 0.2) is 30.3 Å². The maximum atomic E-state index is 12.7. The number of hydrogen-bond acceptors (Lipinski definition) is 2. The van der Waals surface area contributed by atoms with Gasteiger partial charge in [-0.25, -0.2) is 0 Å². The average molecular weight is 300 g/mol. The normalized spacial score (nSPS) is 25.0. The topological polar surface area (TPSA) is 32.3 Å². The van der Waals surface area contributed by atoms with E-state index in [4.69, 9.17) is 0 Å². The van der Waals surface area contributed by atoms with Crippen molar-refractivity contribution in [1.29, 1.82) is 0 Å². The van der Waals surface area contributed by atoms with Crippen molar-refractivity contribution in [3.05, 3.63) is 35.9 Å². The van der Waals surface area contributed by atoms with Gasteiger partial charge in [0, 0.05) is 6.04 Å². The van der Waals surface area contributed by atoms with Crippen LogP contribution < -0.4 is 5.32 Å². The van der Waals surface area contributed by atoms with Gasteiger partial charge in [-0.2, -0.15) is 0 Å². The Morgan fingerprint density at radius 2 is 1.82 bits per heavy atom. The molecular weight excluding hydrogens is 272 g/mol. The van der Waals surface area contributed by atoms with E-state index in [0.29, 0.717) is 6.04 Å². The van der Waals surface area contributed by atoms with Gasteiger partial charge in [-0.1, -0.05) is 49.6 Å². The first-order valence-electron chi connectivity index (χ1n) is 8.87. The van der Waals surface area contributed by atoms with Crippen LogP contribution >= 0.6 is 0 Å². The predicted octanol–water partition coefficient (Wildman–Crippen LogP) is 3.66. The molecule has 3 nitrogen and oxygen atoms in total. The van der Waals surface area contributed by atoms with Crippen molar-refractivity contribution in [3.8, 4) is 0 Å². The molecule has 1 saturated carbocycles. The van der Waals surface area contributed by atoms with Crippen molar-refractivity contribution in [3.63, 3.8) is 0 Å². The smallest absolute Gasteiger partial charge is 0.237 e. The van der Waals surface area contributed by atoms with E-state index in [9.17, 15) is 4.79 Å². The Morgan fingerprint density at radius 1 is 1.09 bits per heavy atom. The summed E-state index contributed by atoms with van der Waals surface area (Å²) in [4.78, 5) is 15.2. The summed E-state index contributed by atoms with van der Waals surface area (Å²) in [5.74, 6) is 0.222. The Labute approximate surface area is 134 Å². The molecule has 22 heavy (non-hydrogen) atoms. The minimum absolute atomic E-state index is 0.0857. The molecule has 3 heteroatoms. The number of hydrogen-bond donors (Lipinski definition) is 1. The van der Waals surface area contributed by atoms with Crippen LogP contribution in [0.1, 0.15) is 63.5 Å². The molecule has 1 N–H and O–H groups in total. The van der Waals surface area contributed by atoms with Crippen molar-refractivity contribution < 1.29 is 4.79 Å². The highest BCUT2D eigenvalue weighted by Crippen LogP contribution is 2.29. The molecule has 1 amide bonds. The first kappa shape index (κ1) is 15.5. The van der Waals surface area contributed by atoms with Crippen LogP contribution in [0.3, 0.4) is 0 Å². The van der Waals surface area contributed by atoms with Crippen LogP contribution in [0.25, 0.3) is 0 Å². The lowest BCUT2D eigenvalue weighted by Crippen LogP contribution is -2.48. The zero-order chi connectivity index (χ0) is 15.4. The summed E-state index contributed by atoms with van der Waals surface area (Å²) in [6.45, 7) is 3.18. The molecule has 1 aliphatic heterocycles. The van der Waals surface area contributed by atoms with Gasteiger partial charge in [0.05, 0.1) is 12.1 Å². The molecule has 2 aliphatic rings. The van der Waals surface area contributed by atoms with Gasteiger partial charge >= 0.3 is 0 Å². The number of carbonyl (C=O) groups is 1. The van der Waals surface area contributed by atoms with Gasteiger partial charge in [0.2, 0.25) is 5.91 Å². The van der Waals surface area contributed by atoms with E-state index >= 15 is 0 Å². The van der Waals surface area contributed by atoms with Gasteiger partial charge in [-0.3, -0.25) is 9.69 Å². The molecule has 120 valence electrons. The Hall–Kier alpha value is -1.35. The highest BCUT2D eigenvalue weighted by molar-refractivity contribution is 5.82. The van der Waals surface area contributed by atoms with Crippen LogP contribution in [0, 0.1) is 0 Å². The van der Waals surface area contributed by atoms with E-state index in [-0.39, 0.29) is 18.0 Å². The maximum Gasteiger partial charge on any atom is 0.237 e. The largest absolute Gasteiger partial charge is 0.348 e. The lowest BCUT2D eigenvalue weighted by atomic mass is 9.93. The Kier molecular flexibility index (Phi) is 5.14. The highest BCUT2D eigenvalue weighted by Gasteiger charge is 2.36. The number of likely N-dealkylation sites (tertiary alicyclic amines) is 1. The maximum absolute atomic E-state index is 12.7. The molecule has 3 rings (SSSR count). The van der Waals surface area contributed by atoms with Gasteiger partial charge in [0.25, 0.3) is 0 Å². The van der Waals surface area contributed by atoms with E-state index in [2.05, 4.69) is 29.3 Å². The number of nitrogens with one attached hydrogen (secondary N) is 1. The van der Waals surface area contributed by atoms with Crippen molar-refractivity contribution in [2.75, 3.05) is 6.54 Å². The predicted molar refractivity (Wildman–Crippen MR) is 89.6 cm³/mol. The summed E-state index contributed by atoms with van der Waals surface area (Å²) in [5, 5.41) is 3.23. The standard InChI is InChI=1S/C19H28N2O/c1-15(16-9-4-2-5-10-16)20-19(22)18-13-8-14-21(18)17-11-6-3-7-12-17/h2,4-5,9-10,15,17-18H,3,6-8,11-14H2,1H3,(H,20,22)/t15-,18+/m1/s1. The second-order valence-electron chi connectivity index (χ2n) is 6.83. The second kappa shape index (κ2) is 7.28. The summed E-state index contributed by atoms with van der Waals surface area (Å²) in [5.41, 5.74) is 1.18. The third-order valence-corrected chi connectivity index (χ3v) is 5.30. The average Bonchev–Trinajstić information content (AvgIpc) is 3.06. The highest BCUT2D eigenvalue weighted by atomic mass is 16.2. The van der Waals surface area contributed by atoms with Gasteiger partial charge in [-0.05, 0) is 44.7 Å². The summed E-state index contributed by atoms with van der Waals surface area (Å²) in [6.07, 6.45) is 8.76. The first-order valence-corrected chi connectivity index (χ1v) is 8.87. The molecule has 0 unspecified atom stereocenters. The van der Waals surface area contributed by atoms with Gasteiger partial charge in [0.15, 0.2) is 0 Å². The molecule has 2 atom stereocenters. The minimum atomic E-state index is 0.0857. The fraction of sp³-hybridized carbons (Fsp3) is 0.632. The fourth-order valence-corrected chi connectivity index (χ4v) is 4.05. The van der Waals surface area contributed by atoms with E-state index < -0.39 is 0 Å². The SMILES string of the molecule is C[C@@H](NC(=O)[C@@H]1CCCN1C1CCCCC1)c1ccccc1. The van der Waals surface area contributed by atoms with E-state index in [1.54, 1.807) is 0 Å². The van der Waals surface area contributed by atoms with Crippen LogP contribution in [0.4, 0.5) is 0 Å². The monoisotopic (exact) mass is 300 g/mol. The molecule has 0 bridgehead atoms. The molecule has 1 aromatic carbocycles. The van der Waals surface area contributed by atoms with Gasteiger partial charge < -0.3 is 5.32 Å². The lowest BCUT2D eigenvalue weighted by Gasteiger charge is -2.35. The first-order chi connectivity index (χ1) is 10.8. The third kappa shape index (κ3) is 3.52. The summed E-state index contributed by atoms with van der Waals surface area (Å²) >= 11 is 0. The van der Waals surface area contributed by atoms with Crippen molar-refractivity contribution >= 4 is 5.91 Å². The van der Waals surface area contributed by atoms with Gasteiger partial charge in [-0.15, -0.1) is 0 Å². The Bertz CT molecular complexity index is 481. The lowest BCUT2D eigenvalue weighted by molar-refractivity contribution is -0.127. The quantitative estimate of drug-likeness (QED) is 0.920. The summed E-state index contributed by atoms with van der Waals surface area (Å²) in [6, 6.07) is 11.1. The molecule has 1 heterocycles. The number of rotatable bonds is 4. The van der Waals surface area contributed by atoms with Crippen LogP contribution in [0.2, 0.25) is 0 Å². The molecule has 0 aromatic heterocycles. The molecular formula is C19H28N2O. The Balaban J connectivity index is 1.61. The molecule has 1 aliphatic carbocycles. The van der Waals surface area contributed by atoms with E-state index in [1.165, 1.54) is 37.7 Å². The zero-order valence-corrected chi connectivity index (χ0v) is 13.6. The number of benzene rings is 1. The summed E-state index contributed by atoms with van der Waals surface area (Å²) in [7, 11) is 0. The van der Waals surface area contributed by atoms with E-state index in [0.717, 1.165) is 19.4 Å². The zero-order valence-electron chi connectivity index (χ0n) is 13.6. The van der Waals surface area contributed by atoms with Gasteiger partial charge in [0.1, 0.15) is 0 Å². The molecule has 0 radical (unpaired) electrons. The number of amides is 1. The number of carbonyl (C=O) groups excluding carboxylic acids is 1. The summed E-state index contributed by atoms with van der Waals surface area (Å²) < 4.78 is 0. The van der Waals surface area contributed by atoms with Crippen molar-refractivity contribution in [2.45, 2.75) is 70.0 Å².